The first kappa shape index (κ1) is 11.0. The topological polar surface area (TPSA) is 60.2 Å². The van der Waals surface area contributed by atoms with E-state index in [9.17, 15) is 8.42 Å². The predicted molar refractivity (Wildman–Crippen MR) is 54.3 cm³/mol. The molecule has 0 saturated heterocycles. The molecule has 0 aromatic carbocycles. The summed E-state index contributed by atoms with van der Waals surface area (Å²) in [5.41, 5.74) is 5.76. The smallest absolute Gasteiger partial charge is 0.152 e. The summed E-state index contributed by atoms with van der Waals surface area (Å²) in [6.07, 6.45) is 2.97. The maximum absolute atomic E-state index is 11.5. The van der Waals surface area contributed by atoms with Gasteiger partial charge in [-0.05, 0) is 45.1 Å². The van der Waals surface area contributed by atoms with E-state index in [0.29, 0.717) is 12.3 Å². The molecule has 1 rings (SSSR count). The zero-order valence-electron chi connectivity index (χ0n) is 8.41. The lowest BCUT2D eigenvalue weighted by molar-refractivity contribution is 0.497. The van der Waals surface area contributed by atoms with Crippen LogP contribution in [0.2, 0.25) is 0 Å². The number of nitrogens with two attached hydrogens (primary N) is 1. The number of sulfone groups is 1. The van der Waals surface area contributed by atoms with Gasteiger partial charge in [0.1, 0.15) is 0 Å². The molecule has 1 aliphatic rings. The van der Waals surface area contributed by atoms with Crippen LogP contribution in [0, 0.1) is 5.41 Å². The van der Waals surface area contributed by atoms with E-state index in [1.54, 1.807) is 13.8 Å². The summed E-state index contributed by atoms with van der Waals surface area (Å²) >= 11 is 0. The van der Waals surface area contributed by atoms with Crippen molar-refractivity contribution in [2.75, 3.05) is 12.3 Å². The first-order valence-corrected chi connectivity index (χ1v) is 6.55. The van der Waals surface area contributed by atoms with Crippen LogP contribution >= 0.6 is 0 Å². The molecule has 78 valence electrons. The fourth-order valence-electron chi connectivity index (χ4n) is 1.33. The number of hydrogen-bond acceptors (Lipinski definition) is 3. The van der Waals surface area contributed by atoms with Gasteiger partial charge in [-0.1, -0.05) is 0 Å². The van der Waals surface area contributed by atoms with Gasteiger partial charge in [-0.25, -0.2) is 8.42 Å². The van der Waals surface area contributed by atoms with Crippen LogP contribution < -0.4 is 5.73 Å². The molecule has 0 amide bonds. The van der Waals surface area contributed by atoms with Gasteiger partial charge in [-0.3, -0.25) is 0 Å². The summed E-state index contributed by atoms with van der Waals surface area (Å²) in [5, 5.41) is -0.249. The Bertz CT molecular complexity index is 265. The average molecular weight is 205 g/mol. The molecule has 0 bridgehead atoms. The molecule has 0 heterocycles. The van der Waals surface area contributed by atoms with E-state index in [2.05, 4.69) is 0 Å². The van der Waals surface area contributed by atoms with Gasteiger partial charge in [0.05, 0.1) is 11.0 Å². The Hall–Kier alpha value is -0.0900. The van der Waals surface area contributed by atoms with Crippen molar-refractivity contribution in [3.05, 3.63) is 0 Å². The summed E-state index contributed by atoms with van der Waals surface area (Å²) in [6.45, 7) is 4.11. The van der Waals surface area contributed by atoms with Crippen molar-refractivity contribution in [1.29, 1.82) is 0 Å². The predicted octanol–water partition coefficient (Wildman–Crippen LogP) is 0.939. The molecule has 0 spiro atoms. The Morgan fingerprint density at radius 3 is 2.23 bits per heavy atom. The fraction of sp³-hybridized carbons (Fsp3) is 1.00. The van der Waals surface area contributed by atoms with E-state index in [4.69, 9.17) is 5.73 Å². The quantitative estimate of drug-likeness (QED) is 0.726. The van der Waals surface area contributed by atoms with E-state index >= 15 is 0 Å². The lowest BCUT2D eigenvalue weighted by Crippen LogP contribution is -2.23. The molecule has 2 N–H and O–H groups in total. The molecule has 4 heteroatoms. The van der Waals surface area contributed by atoms with E-state index in [1.807, 2.05) is 0 Å². The summed E-state index contributed by atoms with van der Waals surface area (Å²) in [6, 6.07) is 0. The van der Waals surface area contributed by atoms with Gasteiger partial charge in [0.25, 0.3) is 0 Å². The first-order valence-electron chi connectivity index (χ1n) is 4.83. The van der Waals surface area contributed by atoms with Crippen LogP contribution in [0.15, 0.2) is 0 Å². The standard InChI is InChI=1S/C9H19NO2S/c1-8(2)13(11,12)6-5-9(7-10)3-4-9/h8H,3-7,10H2,1-2H3. The second kappa shape index (κ2) is 3.58. The third-order valence-corrected chi connectivity index (χ3v) is 5.23. The fourth-order valence-corrected chi connectivity index (χ4v) is 2.52. The van der Waals surface area contributed by atoms with Crippen molar-refractivity contribution in [2.45, 2.75) is 38.4 Å². The van der Waals surface area contributed by atoms with Gasteiger partial charge in [-0.2, -0.15) is 0 Å². The molecule has 0 aromatic heterocycles. The Labute approximate surface area is 80.6 Å². The summed E-state index contributed by atoms with van der Waals surface area (Å²) in [5.74, 6) is 0.307. The molecule has 3 nitrogen and oxygen atoms in total. The lowest BCUT2D eigenvalue weighted by atomic mass is 10.1. The largest absolute Gasteiger partial charge is 0.330 e. The van der Waals surface area contributed by atoms with Crippen molar-refractivity contribution < 1.29 is 8.42 Å². The molecule has 0 aromatic rings. The maximum atomic E-state index is 11.5. The molecule has 1 fully saturated rings. The molecule has 13 heavy (non-hydrogen) atoms. The van der Waals surface area contributed by atoms with Crippen molar-refractivity contribution in [1.82, 2.24) is 0 Å². The lowest BCUT2D eigenvalue weighted by Gasteiger charge is -2.13. The molecule has 0 aliphatic heterocycles. The van der Waals surface area contributed by atoms with Gasteiger partial charge >= 0.3 is 0 Å². The van der Waals surface area contributed by atoms with Crippen LogP contribution in [0.3, 0.4) is 0 Å². The molecule has 1 aliphatic carbocycles. The van der Waals surface area contributed by atoms with Crippen LogP contribution in [0.4, 0.5) is 0 Å². The van der Waals surface area contributed by atoms with Gasteiger partial charge in [0.2, 0.25) is 0 Å². The second-order valence-electron chi connectivity index (χ2n) is 4.37. The Balaban J connectivity index is 2.43. The van der Waals surface area contributed by atoms with Crippen LogP contribution in [0.25, 0.3) is 0 Å². The SMILES string of the molecule is CC(C)S(=O)(=O)CCC1(CN)CC1. The Morgan fingerprint density at radius 1 is 1.38 bits per heavy atom. The summed E-state index contributed by atoms with van der Waals surface area (Å²) in [7, 11) is -2.86. The van der Waals surface area contributed by atoms with Gasteiger partial charge in [-0.15, -0.1) is 0 Å². The highest BCUT2D eigenvalue weighted by atomic mass is 32.2. The average Bonchev–Trinajstić information content (AvgIpc) is 2.81. The molecular formula is C9H19NO2S. The molecule has 0 unspecified atom stereocenters. The highest BCUT2D eigenvalue weighted by Crippen LogP contribution is 2.47. The van der Waals surface area contributed by atoms with Gasteiger partial charge < -0.3 is 5.73 Å². The highest BCUT2D eigenvalue weighted by molar-refractivity contribution is 7.91. The Morgan fingerprint density at radius 2 is 1.92 bits per heavy atom. The van der Waals surface area contributed by atoms with Crippen molar-refractivity contribution >= 4 is 9.84 Å². The van der Waals surface area contributed by atoms with Crippen LogP contribution in [-0.4, -0.2) is 26.0 Å². The van der Waals surface area contributed by atoms with E-state index in [1.165, 1.54) is 0 Å². The monoisotopic (exact) mass is 205 g/mol. The molecule has 0 atom stereocenters. The van der Waals surface area contributed by atoms with Crippen molar-refractivity contribution in [2.24, 2.45) is 11.1 Å². The van der Waals surface area contributed by atoms with Crippen molar-refractivity contribution in [3.63, 3.8) is 0 Å². The number of hydrogen-bond donors (Lipinski definition) is 1. The molecular weight excluding hydrogens is 186 g/mol. The minimum absolute atomic E-state index is 0.183. The first-order chi connectivity index (χ1) is 5.92. The Kier molecular flexibility index (Phi) is 3.02. The number of rotatable bonds is 5. The van der Waals surface area contributed by atoms with Crippen LogP contribution in [0.5, 0.6) is 0 Å². The minimum Gasteiger partial charge on any atom is -0.330 e. The highest BCUT2D eigenvalue weighted by Gasteiger charge is 2.41. The third-order valence-electron chi connectivity index (χ3n) is 3.03. The zero-order valence-corrected chi connectivity index (χ0v) is 9.23. The minimum atomic E-state index is -2.86. The zero-order chi connectivity index (χ0) is 10.1. The summed E-state index contributed by atoms with van der Waals surface area (Å²) < 4.78 is 23.0. The van der Waals surface area contributed by atoms with Crippen LogP contribution in [-0.2, 0) is 9.84 Å². The van der Waals surface area contributed by atoms with E-state index in [0.717, 1.165) is 19.3 Å². The van der Waals surface area contributed by atoms with Gasteiger partial charge in [0, 0.05) is 0 Å². The van der Waals surface area contributed by atoms with Gasteiger partial charge in [0.15, 0.2) is 9.84 Å². The second-order valence-corrected chi connectivity index (χ2v) is 7.05. The molecule has 0 radical (unpaired) electrons. The summed E-state index contributed by atoms with van der Waals surface area (Å²) in [4.78, 5) is 0. The van der Waals surface area contributed by atoms with Crippen LogP contribution in [0.1, 0.15) is 33.1 Å². The third kappa shape index (κ3) is 2.68. The van der Waals surface area contributed by atoms with E-state index in [-0.39, 0.29) is 10.7 Å². The van der Waals surface area contributed by atoms with Crippen molar-refractivity contribution in [3.8, 4) is 0 Å². The normalized spacial score (nSPS) is 20.6. The maximum Gasteiger partial charge on any atom is 0.152 e. The molecule has 1 saturated carbocycles. The van der Waals surface area contributed by atoms with E-state index < -0.39 is 9.84 Å².